The predicted molar refractivity (Wildman–Crippen MR) is 45.7 cm³/mol. The summed E-state index contributed by atoms with van der Waals surface area (Å²) in [6, 6.07) is 1.96. The first-order valence-electron chi connectivity index (χ1n) is 4.02. The van der Waals surface area contributed by atoms with Crippen molar-refractivity contribution in [3.8, 4) is 5.75 Å². The van der Waals surface area contributed by atoms with Gasteiger partial charge in [0.15, 0.2) is 0 Å². The molecule has 0 saturated heterocycles. The van der Waals surface area contributed by atoms with Gasteiger partial charge in [0.05, 0.1) is 6.04 Å². The number of hydrogen-bond donors (Lipinski definition) is 2. The molecule has 0 amide bonds. The summed E-state index contributed by atoms with van der Waals surface area (Å²) in [7, 11) is 0. The maximum absolute atomic E-state index is 13.0. The van der Waals surface area contributed by atoms with E-state index < -0.39 is 18.3 Å². The van der Waals surface area contributed by atoms with Gasteiger partial charge < -0.3 is 10.8 Å². The fraction of sp³-hybridized carbons (Fsp3) is 0.333. The van der Waals surface area contributed by atoms with Gasteiger partial charge in [0.1, 0.15) is 11.6 Å². The van der Waals surface area contributed by atoms with Crippen LogP contribution in [0.1, 0.15) is 5.56 Å². The molecule has 0 fully saturated rings. The highest BCUT2D eigenvalue weighted by Gasteiger charge is 2.17. The van der Waals surface area contributed by atoms with Gasteiger partial charge in [-0.1, -0.05) is 6.07 Å². The van der Waals surface area contributed by atoms with Crippen LogP contribution in [-0.2, 0) is 6.42 Å². The SMILES string of the molecule is NC(Cc1ccc(O)cc1F)C(F)F. The van der Waals surface area contributed by atoms with Crippen molar-refractivity contribution >= 4 is 0 Å². The molecule has 0 spiro atoms. The minimum Gasteiger partial charge on any atom is -0.508 e. The molecular formula is C9H10F3NO. The van der Waals surface area contributed by atoms with E-state index in [1.807, 2.05) is 0 Å². The summed E-state index contributed by atoms with van der Waals surface area (Å²) < 4.78 is 37.1. The van der Waals surface area contributed by atoms with Gasteiger partial charge in [-0.15, -0.1) is 0 Å². The Kier molecular flexibility index (Phi) is 3.35. The van der Waals surface area contributed by atoms with Gasteiger partial charge in [-0.25, -0.2) is 13.2 Å². The Hall–Kier alpha value is -1.23. The van der Waals surface area contributed by atoms with Crippen LogP contribution in [0.25, 0.3) is 0 Å². The van der Waals surface area contributed by atoms with Crippen LogP contribution in [0, 0.1) is 5.82 Å². The molecule has 5 heteroatoms. The summed E-state index contributed by atoms with van der Waals surface area (Å²) >= 11 is 0. The highest BCUT2D eigenvalue weighted by Crippen LogP contribution is 2.17. The molecular weight excluding hydrogens is 195 g/mol. The minimum absolute atomic E-state index is 0.0793. The van der Waals surface area contributed by atoms with Gasteiger partial charge in [-0.2, -0.15) is 0 Å². The number of phenols is 1. The zero-order valence-electron chi connectivity index (χ0n) is 7.25. The molecule has 2 nitrogen and oxygen atoms in total. The highest BCUT2D eigenvalue weighted by atomic mass is 19.3. The van der Waals surface area contributed by atoms with E-state index in [1.54, 1.807) is 0 Å². The van der Waals surface area contributed by atoms with Gasteiger partial charge in [0.2, 0.25) is 0 Å². The third kappa shape index (κ3) is 2.63. The smallest absolute Gasteiger partial charge is 0.253 e. The number of alkyl halides is 2. The molecule has 78 valence electrons. The standard InChI is InChI=1S/C9H10F3NO/c10-7-4-6(14)2-1-5(7)3-8(13)9(11)12/h1-2,4,8-9,14H,3,13H2. The van der Waals surface area contributed by atoms with Gasteiger partial charge in [0.25, 0.3) is 6.43 Å². The molecule has 0 heterocycles. The summed E-state index contributed by atoms with van der Waals surface area (Å²) in [5.74, 6) is -0.960. The minimum atomic E-state index is -2.68. The normalized spacial score (nSPS) is 13.2. The maximum atomic E-state index is 13.0. The Labute approximate surface area is 79.2 Å². The van der Waals surface area contributed by atoms with Crippen LogP contribution in [-0.4, -0.2) is 17.6 Å². The first-order chi connectivity index (χ1) is 6.50. The zero-order chi connectivity index (χ0) is 10.7. The predicted octanol–water partition coefficient (Wildman–Crippen LogP) is 1.67. The van der Waals surface area contributed by atoms with E-state index in [2.05, 4.69) is 0 Å². The molecule has 1 atom stereocenters. The van der Waals surface area contributed by atoms with E-state index in [9.17, 15) is 13.2 Å². The second kappa shape index (κ2) is 4.32. The summed E-state index contributed by atoms with van der Waals surface area (Å²) in [5.41, 5.74) is 5.16. The van der Waals surface area contributed by atoms with E-state index in [1.165, 1.54) is 12.1 Å². The van der Waals surface area contributed by atoms with Gasteiger partial charge in [-0.05, 0) is 18.1 Å². The third-order valence-electron chi connectivity index (χ3n) is 1.82. The molecule has 1 rings (SSSR count). The average Bonchev–Trinajstić information content (AvgIpc) is 2.09. The van der Waals surface area contributed by atoms with Crippen LogP contribution in [0.4, 0.5) is 13.2 Å². The van der Waals surface area contributed by atoms with Gasteiger partial charge in [0, 0.05) is 6.07 Å². The lowest BCUT2D eigenvalue weighted by Crippen LogP contribution is -2.31. The second-order valence-electron chi connectivity index (χ2n) is 2.98. The molecule has 0 aliphatic rings. The number of hydrogen-bond acceptors (Lipinski definition) is 2. The van der Waals surface area contributed by atoms with Crippen molar-refractivity contribution in [1.82, 2.24) is 0 Å². The number of halogens is 3. The van der Waals surface area contributed by atoms with Crippen molar-refractivity contribution in [1.29, 1.82) is 0 Å². The molecule has 0 aromatic heterocycles. The molecule has 1 aromatic carbocycles. The van der Waals surface area contributed by atoms with Crippen LogP contribution in [0.2, 0.25) is 0 Å². The van der Waals surface area contributed by atoms with Crippen LogP contribution < -0.4 is 5.73 Å². The molecule has 14 heavy (non-hydrogen) atoms. The summed E-state index contributed by atoms with van der Waals surface area (Å²) in [4.78, 5) is 0. The van der Waals surface area contributed by atoms with E-state index in [4.69, 9.17) is 10.8 Å². The quantitative estimate of drug-likeness (QED) is 0.788. The van der Waals surface area contributed by atoms with Crippen molar-refractivity contribution < 1.29 is 18.3 Å². The Morgan fingerprint density at radius 1 is 1.36 bits per heavy atom. The first kappa shape index (κ1) is 10.8. The highest BCUT2D eigenvalue weighted by molar-refractivity contribution is 5.28. The monoisotopic (exact) mass is 205 g/mol. The Bertz CT molecular complexity index is 317. The van der Waals surface area contributed by atoms with Crippen molar-refractivity contribution in [2.75, 3.05) is 0 Å². The van der Waals surface area contributed by atoms with Crippen LogP contribution in [0.3, 0.4) is 0 Å². The number of aromatic hydroxyl groups is 1. The van der Waals surface area contributed by atoms with E-state index in [0.717, 1.165) is 6.07 Å². The lowest BCUT2D eigenvalue weighted by molar-refractivity contribution is 0.115. The van der Waals surface area contributed by atoms with Crippen molar-refractivity contribution in [3.05, 3.63) is 29.6 Å². The fourth-order valence-corrected chi connectivity index (χ4v) is 1.04. The Morgan fingerprint density at radius 2 is 2.00 bits per heavy atom. The Morgan fingerprint density at radius 3 is 2.50 bits per heavy atom. The molecule has 0 aliphatic heterocycles. The van der Waals surface area contributed by atoms with E-state index in [0.29, 0.717) is 0 Å². The second-order valence-corrected chi connectivity index (χ2v) is 2.98. The topological polar surface area (TPSA) is 46.2 Å². The van der Waals surface area contributed by atoms with Crippen LogP contribution >= 0.6 is 0 Å². The van der Waals surface area contributed by atoms with Crippen LogP contribution in [0.5, 0.6) is 5.75 Å². The molecule has 3 N–H and O–H groups in total. The summed E-state index contributed by atoms with van der Waals surface area (Å²) in [5, 5.41) is 8.86. The summed E-state index contributed by atoms with van der Waals surface area (Å²) in [6.45, 7) is 0. The molecule has 0 bridgehead atoms. The molecule has 0 radical (unpaired) electrons. The Balaban J connectivity index is 2.77. The average molecular weight is 205 g/mol. The van der Waals surface area contributed by atoms with Crippen molar-refractivity contribution in [3.63, 3.8) is 0 Å². The molecule has 0 saturated carbocycles. The number of phenolic OH excluding ortho intramolecular Hbond substituents is 1. The lowest BCUT2D eigenvalue weighted by Gasteiger charge is -2.10. The maximum Gasteiger partial charge on any atom is 0.253 e. The molecule has 1 unspecified atom stereocenters. The fourth-order valence-electron chi connectivity index (χ4n) is 1.04. The van der Waals surface area contributed by atoms with Gasteiger partial charge >= 0.3 is 0 Å². The van der Waals surface area contributed by atoms with Crippen molar-refractivity contribution in [2.45, 2.75) is 18.9 Å². The zero-order valence-corrected chi connectivity index (χ0v) is 7.25. The van der Waals surface area contributed by atoms with Crippen LogP contribution in [0.15, 0.2) is 18.2 Å². The number of rotatable bonds is 3. The van der Waals surface area contributed by atoms with Crippen molar-refractivity contribution in [2.24, 2.45) is 5.73 Å². The lowest BCUT2D eigenvalue weighted by atomic mass is 10.1. The van der Waals surface area contributed by atoms with E-state index >= 15 is 0 Å². The summed E-state index contributed by atoms with van der Waals surface area (Å²) in [6.07, 6.45) is -2.92. The van der Waals surface area contributed by atoms with Gasteiger partial charge in [-0.3, -0.25) is 0 Å². The molecule has 0 aliphatic carbocycles. The van der Waals surface area contributed by atoms with E-state index in [-0.39, 0.29) is 17.7 Å². The molecule has 1 aromatic rings. The number of nitrogens with two attached hydrogens (primary N) is 1. The first-order valence-corrected chi connectivity index (χ1v) is 4.02. The number of benzene rings is 1. The third-order valence-corrected chi connectivity index (χ3v) is 1.82. The largest absolute Gasteiger partial charge is 0.508 e.